The van der Waals surface area contributed by atoms with Gasteiger partial charge in [-0.3, -0.25) is 14.6 Å². The van der Waals surface area contributed by atoms with Crippen molar-refractivity contribution in [2.75, 3.05) is 12.4 Å². The third kappa shape index (κ3) is 3.24. The van der Waals surface area contributed by atoms with Gasteiger partial charge in [-0.05, 0) is 41.5 Å². The van der Waals surface area contributed by atoms with Gasteiger partial charge in [0.25, 0.3) is 0 Å². The first-order chi connectivity index (χ1) is 14.7. The summed E-state index contributed by atoms with van der Waals surface area (Å²) in [6, 6.07) is 18.0. The largest absolute Gasteiger partial charge is 0.497 e. The Balaban J connectivity index is 1.60. The highest BCUT2D eigenvalue weighted by molar-refractivity contribution is 5.96. The van der Waals surface area contributed by atoms with Gasteiger partial charge in [-0.1, -0.05) is 24.3 Å². The highest BCUT2D eigenvalue weighted by Crippen LogP contribution is 2.42. The SMILES string of the molecule is COc1ccc(-c2[nH]nc3c2C(c2ccccc2Cn2cccn2)CC(=O)N3)cc1. The number of rotatable bonds is 5. The molecule has 1 amide bonds. The molecular weight excluding hydrogens is 378 g/mol. The van der Waals surface area contributed by atoms with Crippen molar-refractivity contribution >= 4 is 11.7 Å². The number of anilines is 1. The van der Waals surface area contributed by atoms with Crippen molar-refractivity contribution in [1.29, 1.82) is 0 Å². The van der Waals surface area contributed by atoms with Gasteiger partial charge >= 0.3 is 0 Å². The van der Waals surface area contributed by atoms with Crippen molar-refractivity contribution in [2.24, 2.45) is 0 Å². The number of H-pyrrole nitrogens is 1. The number of hydrogen-bond acceptors (Lipinski definition) is 4. The summed E-state index contributed by atoms with van der Waals surface area (Å²) >= 11 is 0. The summed E-state index contributed by atoms with van der Waals surface area (Å²) in [5.41, 5.74) is 5.16. The maximum Gasteiger partial charge on any atom is 0.226 e. The normalized spacial score (nSPS) is 15.5. The van der Waals surface area contributed by atoms with Crippen LogP contribution in [0.1, 0.15) is 29.0 Å². The highest BCUT2D eigenvalue weighted by atomic mass is 16.5. The van der Waals surface area contributed by atoms with Crippen LogP contribution >= 0.6 is 0 Å². The van der Waals surface area contributed by atoms with Crippen LogP contribution in [-0.4, -0.2) is 33.0 Å². The molecule has 0 saturated carbocycles. The van der Waals surface area contributed by atoms with Gasteiger partial charge in [0.1, 0.15) is 5.75 Å². The molecule has 5 rings (SSSR count). The van der Waals surface area contributed by atoms with Crippen LogP contribution in [0.3, 0.4) is 0 Å². The summed E-state index contributed by atoms with van der Waals surface area (Å²) in [4.78, 5) is 12.5. The maximum atomic E-state index is 12.5. The average molecular weight is 399 g/mol. The quantitative estimate of drug-likeness (QED) is 0.535. The molecule has 4 aromatic rings. The molecular formula is C23H21N5O2. The van der Waals surface area contributed by atoms with E-state index >= 15 is 0 Å². The molecule has 30 heavy (non-hydrogen) atoms. The topological polar surface area (TPSA) is 84.8 Å². The number of benzene rings is 2. The molecule has 150 valence electrons. The number of ether oxygens (including phenoxy) is 1. The molecule has 2 aromatic carbocycles. The summed E-state index contributed by atoms with van der Waals surface area (Å²) in [6.45, 7) is 0.645. The van der Waals surface area contributed by atoms with Crippen molar-refractivity contribution in [3.8, 4) is 17.0 Å². The molecule has 7 heteroatoms. The Morgan fingerprint density at radius 2 is 1.97 bits per heavy atom. The Labute approximate surface area is 173 Å². The van der Waals surface area contributed by atoms with Crippen LogP contribution < -0.4 is 10.1 Å². The number of methoxy groups -OCH3 is 1. The molecule has 0 radical (unpaired) electrons. The molecule has 3 heterocycles. The summed E-state index contributed by atoms with van der Waals surface area (Å²) in [5, 5.41) is 14.8. The Kier molecular flexibility index (Phi) is 4.55. The molecule has 7 nitrogen and oxygen atoms in total. The lowest BCUT2D eigenvalue weighted by Gasteiger charge is -2.25. The van der Waals surface area contributed by atoms with Crippen LogP contribution in [0, 0.1) is 0 Å². The Hall–Kier alpha value is -3.87. The van der Waals surface area contributed by atoms with Crippen molar-refractivity contribution in [2.45, 2.75) is 18.9 Å². The van der Waals surface area contributed by atoms with Crippen molar-refractivity contribution in [3.05, 3.63) is 83.7 Å². The number of aromatic nitrogens is 4. The van der Waals surface area contributed by atoms with E-state index in [0.717, 1.165) is 33.7 Å². The van der Waals surface area contributed by atoms with E-state index in [1.54, 1.807) is 13.3 Å². The lowest BCUT2D eigenvalue weighted by Crippen LogP contribution is -2.24. The summed E-state index contributed by atoms with van der Waals surface area (Å²) in [6.07, 6.45) is 4.08. The summed E-state index contributed by atoms with van der Waals surface area (Å²) in [7, 11) is 1.65. The fourth-order valence-corrected chi connectivity index (χ4v) is 4.09. The number of fused-ring (bicyclic) bond motifs is 1. The molecule has 1 unspecified atom stereocenters. The van der Waals surface area contributed by atoms with Crippen LogP contribution in [0.5, 0.6) is 5.75 Å². The van der Waals surface area contributed by atoms with Gasteiger partial charge in [0.15, 0.2) is 5.82 Å². The van der Waals surface area contributed by atoms with Crippen LogP contribution in [0.2, 0.25) is 0 Å². The zero-order chi connectivity index (χ0) is 20.5. The van der Waals surface area contributed by atoms with E-state index < -0.39 is 0 Å². The minimum Gasteiger partial charge on any atom is -0.497 e. The number of amides is 1. The lowest BCUT2D eigenvalue weighted by molar-refractivity contribution is -0.116. The molecule has 1 aliphatic rings. The predicted octanol–water partition coefficient (Wildman–Crippen LogP) is 3.80. The minimum atomic E-state index is -0.101. The molecule has 1 aliphatic heterocycles. The number of nitrogens with one attached hydrogen (secondary N) is 2. The molecule has 2 N–H and O–H groups in total. The van der Waals surface area contributed by atoms with E-state index in [2.05, 4.69) is 32.7 Å². The van der Waals surface area contributed by atoms with Crippen LogP contribution in [0.4, 0.5) is 5.82 Å². The Morgan fingerprint density at radius 3 is 2.73 bits per heavy atom. The number of carbonyl (C=O) groups excluding carboxylic acids is 1. The van der Waals surface area contributed by atoms with Crippen molar-refractivity contribution < 1.29 is 9.53 Å². The van der Waals surface area contributed by atoms with E-state index in [4.69, 9.17) is 4.74 Å². The van der Waals surface area contributed by atoms with Gasteiger partial charge in [0.2, 0.25) is 5.91 Å². The number of aromatic amines is 1. The van der Waals surface area contributed by atoms with Crippen molar-refractivity contribution in [1.82, 2.24) is 20.0 Å². The Bertz CT molecular complexity index is 1180. The first-order valence-corrected chi connectivity index (χ1v) is 9.80. The van der Waals surface area contributed by atoms with Gasteiger partial charge in [-0.2, -0.15) is 10.2 Å². The monoisotopic (exact) mass is 399 g/mol. The second-order valence-corrected chi connectivity index (χ2v) is 7.30. The van der Waals surface area contributed by atoms with Gasteiger partial charge in [-0.15, -0.1) is 0 Å². The van der Waals surface area contributed by atoms with Gasteiger partial charge in [-0.25, -0.2) is 0 Å². The van der Waals surface area contributed by atoms with Crippen molar-refractivity contribution in [3.63, 3.8) is 0 Å². The van der Waals surface area contributed by atoms with E-state index in [9.17, 15) is 4.79 Å². The average Bonchev–Trinajstić information content (AvgIpc) is 3.43. The van der Waals surface area contributed by atoms with E-state index in [1.165, 1.54) is 0 Å². The fourth-order valence-electron chi connectivity index (χ4n) is 4.09. The molecule has 0 spiro atoms. The number of nitrogens with zero attached hydrogens (tertiary/aromatic N) is 3. The molecule has 0 bridgehead atoms. The van der Waals surface area contributed by atoms with E-state index in [1.807, 2.05) is 53.3 Å². The van der Waals surface area contributed by atoms with E-state index in [-0.39, 0.29) is 11.8 Å². The standard InChI is InChI=1S/C23H21N5O2/c1-30-17-9-7-15(8-10-17)22-21-19(13-20(29)25-23(21)27-26-22)18-6-3-2-5-16(18)14-28-12-4-11-24-28/h2-12,19H,13-14H2,1H3,(H2,25,26,27,29). The second kappa shape index (κ2) is 7.51. The van der Waals surface area contributed by atoms with Gasteiger partial charge in [0, 0.05) is 35.9 Å². The summed E-state index contributed by atoms with van der Waals surface area (Å²) < 4.78 is 7.17. The lowest BCUT2D eigenvalue weighted by atomic mass is 9.82. The zero-order valence-electron chi connectivity index (χ0n) is 16.5. The smallest absolute Gasteiger partial charge is 0.226 e. The van der Waals surface area contributed by atoms with Crippen LogP contribution in [0.25, 0.3) is 11.3 Å². The van der Waals surface area contributed by atoms with Crippen LogP contribution in [0.15, 0.2) is 67.0 Å². The van der Waals surface area contributed by atoms with E-state index in [0.29, 0.717) is 18.8 Å². The first kappa shape index (κ1) is 18.2. The maximum absolute atomic E-state index is 12.5. The third-order valence-electron chi connectivity index (χ3n) is 5.50. The van der Waals surface area contributed by atoms with Gasteiger partial charge < -0.3 is 10.1 Å². The second-order valence-electron chi connectivity index (χ2n) is 7.30. The molecule has 0 aliphatic carbocycles. The Morgan fingerprint density at radius 1 is 1.13 bits per heavy atom. The fraction of sp³-hybridized carbons (Fsp3) is 0.174. The van der Waals surface area contributed by atoms with Gasteiger partial charge in [0.05, 0.1) is 19.3 Å². The third-order valence-corrected chi connectivity index (χ3v) is 5.50. The highest BCUT2D eigenvalue weighted by Gasteiger charge is 2.33. The zero-order valence-corrected chi connectivity index (χ0v) is 16.5. The first-order valence-electron chi connectivity index (χ1n) is 9.80. The molecule has 0 fully saturated rings. The molecule has 0 saturated heterocycles. The molecule has 2 aromatic heterocycles. The molecule has 1 atom stereocenters. The summed E-state index contributed by atoms with van der Waals surface area (Å²) in [5.74, 6) is 1.25. The van der Waals surface area contributed by atoms with Crippen LogP contribution in [-0.2, 0) is 11.3 Å². The predicted molar refractivity (Wildman–Crippen MR) is 113 cm³/mol. The number of hydrogen-bond donors (Lipinski definition) is 2. The number of carbonyl (C=O) groups is 1. The minimum absolute atomic E-state index is 0.0332.